The van der Waals surface area contributed by atoms with Crippen LogP contribution in [-0.2, 0) is 24.5 Å². The highest BCUT2D eigenvalue weighted by atomic mass is 32.3. The fourth-order valence-electron chi connectivity index (χ4n) is 3.63. The Balaban J connectivity index is 2.27. The molecule has 2 aromatic carbocycles. The lowest BCUT2D eigenvalue weighted by Gasteiger charge is -2.29. The molecule has 0 aliphatic heterocycles. The van der Waals surface area contributed by atoms with Gasteiger partial charge in [0.05, 0.1) is 9.79 Å². The summed E-state index contributed by atoms with van der Waals surface area (Å²) >= 11 is 0. The van der Waals surface area contributed by atoms with E-state index in [4.69, 9.17) is 0 Å². The Morgan fingerprint density at radius 3 is 1.74 bits per heavy atom. The van der Waals surface area contributed by atoms with Gasteiger partial charge >= 0.3 is 0 Å². The zero-order valence-electron chi connectivity index (χ0n) is 14.6. The Kier molecular flexibility index (Phi) is 5.10. The summed E-state index contributed by atoms with van der Waals surface area (Å²) in [5, 5.41) is 0. The van der Waals surface area contributed by atoms with Crippen LogP contribution in [0.1, 0.15) is 19.3 Å². The Bertz CT molecular complexity index is 986. The van der Waals surface area contributed by atoms with Crippen molar-refractivity contribution >= 4 is 26.0 Å². The Morgan fingerprint density at radius 1 is 0.889 bits per heavy atom. The van der Waals surface area contributed by atoms with Crippen LogP contribution in [0.15, 0.2) is 82.6 Å². The van der Waals surface area contributed by atoms with Gasteiger partial charge in [-0.15, -0.1) is 0 Å². The van der Waals surface area contributed by atoms with Crippen LogP contribution in [-0.4, -0.2) is 27.2 Å². The first-order valence-corrected chi connectivity index (χ1v) is 11.4. The van der Waals surface area contributed by atoms with Crippen molar-refractivity contribution in [3.63, 3.8) is 0 Å². The Labute approximate surface area is 159 Å². The van der Waals surface area contributed by atoms with Crippen molar-refractivity contribution in [3.05, 3.63) is 72.8 Å². The van der Waals surface area contributed by atoms with Crippen molar-refractivity contribution < 1.29 is 21.6 Å². The van der Waals surface area contributed by atoms with Crippen LogP contribution in [0.25, 0.3) is 0 Å². The van der Waals surface area contributed by atoms with Gasteiger partial charge in [0.15, 0.2) is 23.8 Å². The molecular formula is C20H20O5S2. The molecule has 0 amide bonds. The van der Waals surface area contributed by atoms with E-state index in [-0.39, 0.29) is 29.1 Å². The summed E-state index contributed by atoms with van der Waals surface area (Å²) in [6.45, 7) is 3.88. The van der Waals surface area contributed by atoms with Gasteiger partial charge in [-0.05, 0) is 36.6 Å². The van der Waals surface area contributed by atoms with E-state index in [9.17, 15) is 21.6 Å². The molecule has 0 bridgehead atoms. The normalized spacial score (nSPS) is 19.7. The number of hydrogen-bond donors (Lipinski definition) is 0. The molecule has 1 aliphatic rings. The highest BCUT2D eigenvalue weighted by Gasteiger charge is 2.60. The SMILES string of the molecule is C=C1CC(S(=O)(=O)c2ccccc2)(S(=O)(=O)c2ccccc2)CC1CC=O. The average Bonchev–Trinajstić information content (AvgIpc) is 3.02. The molecule has 0 heterocycles. The van der Waals surface area contributed by atoms with Crippen molar-refractivity contribution in [1.82, 2.24) is 0 Å². The van der Waals surface area contributed by atoms with Gasteiger partial charge in [-0.2, -0.15) is 0 Å². The van der Waals surface area contributed by atoms with Crippen LogP contribution in [0.3, 0.4) is 0 Å². The molecule has 0 spiro atoms. The fraction of sp³-hybridized carbons (Fsp3) is 0.250. The number of aldehydes is 1. The van der Waals surface area contributed by atoms with Crippen molar-refractivity contribution in [2.75, 3.05) is 0 Å². The van der Waals surface area contributed by atoms with Crippen LogP contribution < -0.4 is 0 Å². The van der Waals surface area contributed by atoms with E-state index >= 15 is 0 Å². The molecule has 142 valence electrons. The maximum atomic E-state index is 13.6. The van der Waals surface area contributed by atoms with Crippen molar-refractivity contribution in [2.24, 2.45) is 5.92 Å². The first-order chi connectivity index (χ1) is 12.8. The number of hydrogen-bond acceptors (Lipinski definition) is 5. The maximum Gasteiger partial charge on any atom is 0.199 e. The van der Waals surface area contributed by atoms with E-state index in [1.807, 2.05) is 0 Å². The summed E-state index contributed by atoms with van der Waals surface area (Å²) < 4.78 is 52.2. The van der Waals surface area contributed by atoms with Crippen molar-refractivity contribution in [2.45, 2.75) is 33.1 Å². The van der Waals surface area contributed by atoms with Crippen LogP contribution in [0.5, 0.6) is 0 Å². The smallest absolute Gasteiger partial charge is 0.199 e. The van der Waals surface area contributed by atoms with Crippen LogP contribution >= 0.6 is 0 Å². The first kappa shape index (κ1) is 19.5. The van der Waals surface area contributed by atoms with E-state index < -0.39 is 29.7 Å². The highest BCUT2D eigenvalue weighted by molar-refractivity contribution is 8.10. The summed E-state index contributed by atoms with van der Waals surface area (Å²) in [7, 11) is -8.51. The monoisotopic (exact) mass is 404 g/mol. The minimum absolute atomic E-state index is 0.0508. The third-order valence-corrected chi connectivity index (χ3v) is 10.8. The minimum Gasteiger partial charge on any atom is -0.303 e. The van der Waals surface area contributed by atoms with E-state index in [0.29, 0.717) is 11.9 Å². The predicted octanol–water partition coefficient (Wildman–Crippen LogP) is 3.19. The minimum atomic E-state index is -4.26. The highest BCUT2D eigenvalue weighted by Crippen LogP contribution is 2.51. The second kappa shape index (κ2) is 7.05. The lowest BCUT2D eigenvalue weighted by molar-refractivity contribution is -0.108. The molecule has 5 nitrogen and oxygen atoms in total. The van der Waals surface area contributed by atoms with Crippen LogP contribution in [0, 0.1) is 5.92 Å². The molecule has 1 unspecified atom stereocenters. The quantitative estimate of drug-likeness (QED) is 0.545. The maximum absolute atomic E-state index is 13.6. The number of rotatable bonds is 6. The zero-order valence-corrected chi connectivity index (χ0v) is 16.2. The number of benzene rings is 2. The molecule has 1 atom stereocenters. The molecule has 0 aromatic heterocycles. The Morgan fingerprint density at radius 2 is 1.33 bits per heavy atom. The standard InChI is InChI=1S/C20H20O5S2/c1-16-14-20(15-17(16)12-13-21,26(22,23)18-8-4-2-5-9-18)27(24,25)19-10-6-3-7-11-19/h2-11,13,17H,1,12,14-15H2. The average molecular weight is 405 g/mol. The lowest BCUT2D eigenvalue weighted by atomic mass is 10.0. The topological polar surface area (TPSA) is 85.3 Å². The van der Waals surface area contributed by atoms with Crippen LogP contribution in [0.4, 0.5) is 0 Å². The largest absolute Gasteiger partial charge is 0.303 e. The van der Waals surface area contributed by atoms with Crippen molar-refractivity contribution in [1.29, 1.82) is 0 Å². The molecule has 2 aromatic rings. The fourth-order valence-corrected chi connectivity index (χ4v) is 8.85. The van der Waals surface area contributed by atoms with E-state index in [0.717, 1.165) is 0 Å². The lowest BCUT2D eigenvalue weighted by Crippen LogP contribution is -2.44. The van der Waals surface area contributed by atoms with Crippen LogP contribution in [0.2, 0.25) is 0 Å². The summed E-state index contributed by atoms with van der Waals surface area (Å²) in [6.07, 6.45) is 0.324. The molecule has 27 heavy (non-hydrogen) atoms. The molecule has 7 heteroatoms. The van der Waals surface area contributed by atoms with E-state index in [1.54, 1.807) is 36.4 Å². The molecule has 1 saturated carbocycles. The molecule has 1 aliphatic carbocycles. The first-order valence-electron chi connectivity index (χ1n) is 8.47. The number of carbonyl (C=O) groups excluding carboxylic acids is 1. The van der Waals surface area contributed by atoms with Crippen molar-refractivity contribution in [3.8, 4) is 0 Å². The molecule has 1 fully saturated rings. The van der Waals surface area contributed by atoms with Gasteiger partial charge in [0, 0.05) is 12.8 Å². The molecule has 3 rings (SSSR count). The summed E-state index contributed by atoms with van der Waals surface area (Å²) in [4.78, 5) is 10.9. The third kappa shape index (κ3) is 3.04. The van der Waals surface area contributed by atoms with Gasteiger partial charge in [-0.25, -0.2) is 16.8 Å². The van der Waals surface area contributed by atoms with Gasteiger partial charge in [0.25, 0.3) is 0 Å². The van der Waals surface area contributed by atoms with Gasteiger partial charge in [-0.1, -0.05) is 48.6 Å². The molecule has 0 N–H and O–H groups in total. The number of carbonyl (C=O) groups is 1. The number of allylic oxidation sites excluding steroid dienone is 1. The van der Waals surface area contributed by atoms with Gasteiger partial charge in [0.1, 0.15) is 6.29 Å². The van der Waals surface area contributed by atoms with Gasteiger partial charge in [-0.3, -0.25) is 0 Å². The van der Waals surface area contributed by atoms with Gasteiger partial charge in [0.2, 0.25) is 0 Å². The summed E-state index contributed by atoms with van der Waals surface area (Å²) in [5.41, 5.74) is 0.473. The summed E-state index contributed by atoms with van der Waals surface area (Å²) in [6, 6.07) is 15.2. The third-order valence-electron chi connectivity index (χ3n) is 5.10. The zero-order chi connectivity index (χ0) is 19.7. The molecule has 0 saturated heterocycles. The number of sulfone groups is 2. The van der Waals surface area contributed by atoms with Gasteiger partial charge < -0.3 is 4.79 Å². The van der Waals surface area contributed by atoms with E-state index in [1.165, 1.54) is 24.3 Å². The second-order valence-electron chi connectivity index (χ2n) is 6.68. The molecular weight excluding hydrogens is 384 g/mol. The van der Waals surface area contributed by atoms with E-state index in [2.05, 4.69) is 6.58 Å². The predicted molar refractivity (Wildman–Crippen MR) is 103 cm³/mol. The Hall–Kier alpha value is -2.25. The summed E-state index contributed by atoms with van der Waals surface area (Å²) in [5.74, 6) is -0.487. The molecule has 0 radical (unpaired) electrons. The second-order valence-corrected chi connectivity index (χ2v) is 11.5.